The average molecular weight is 528 g/mol. The SMILES string of the molecule is COc1ccc(CCNC(=O)/C=C(\C)c2ccc(OC(C)c3ccccc3)c3oc(C(C)=O)cc23)cc1OC. The van der Waals surface area contributed by atoms with Crippen molar-refractivity contribution >= 4 is 28.2 Å². The summed E-state index contributed by atoms with van der Waals surface area (Å²) >= 11 is 0. The van der Waals surface area contributed by atoms with Crippen LogP contribution in [0.2, 0.25) is 0 Å². The molecule has 0 fully saturated rings. The second-order valence-electron chi connectivity index (χ2n) is 9.25. The zero-order valence-corrected chi connectivity index (χ0v) is 22.9. The van der Waals surface area contributed by atoms with E-state index in [1.807, 2.05) is 74.5 Å². The molecule has 1 atom stereocenters. The maximum absolute atomic E-state index is 12.7. The van der Waals surface area contributed by atoms with Crippen molar-refractivity contribution in [3.63, 3.8) is 0 Å². The lowest BCUT2D eigenvalue weighted by Gasteiger charge is -2.16. The molecule has 202 valence electrons. The molecule has 0 bridgehead atoms. The highest BCUT2D eigenvalue weighted by Crippen LogP contribution is 2.37. The van der Waals surface area contributed by atoms with Gasteiger partial charge in [-0.15, -0.1) is 0 Å². The fourth-order valence-electron chi connectivity index (χ4n) is 4.38. The van der Waals surface area contributed by atoms with E-state index >= 15 is 0 Å². The monoisotopic (exact) mass is 527 g/mol. The highest BCUT2D eigenvalue weighted by Gasteiger charge is 2.19. The van der Waals surface area contributed by atoms with Crippen LogP contribution in [0, 0.1) is 0 Å². The van der Waals surface area contributed by atoms with Gasteiger partial charge in [0.2, 0.25) is 5.91 Å². The van der Waals surface area contributed by atoms with E-state index in [-0.39, 0.29) is 23.6 Å². The van der Waals surface area contributed by atoms with Crippen molar-refractivity contribution in [1.29, 1.82) is 0 Å². The quantitative estimate of drug-likeness (QED) is 0.176. The maximum atomic E-state index is 12.7. The summed E-state index contributed by atoms with van der Waals surface area (Å²) in [7, 11) is 3.19. The number of nitrogens with one attached hydrogen (secondary N) is 1. The van der Waals surface area contributed by atoms with Gasteiger partial charge < -0.3 is 23.9 Å². The van der Waals surface area contributed by atoms with Crippen LogP contribution in [0.1, 0.15) is 54.1 Å². The molecule has 0 aliphatic carbocycles. The number of Topliss-reactive ketones (excluding diaryl/α,β-unsaturated/α-hetero) is 1. The Hall–Kier alpha value is -4.52. The van der Waals surface area contributed by atoms with Crippen LogP contribution < -0.4 is 19.5 Å². The van der Waals surface area contributed by atoms with Gasteiger partial charge in [0, 0.05) is 24.9 Å². The first-order valence-corrected chi connectivity index (χ1v) is 12.8. The highest BCUT2D eigenvalue weighted by molar-refractivity contribution is 6.03. The molecule has 0 saturated carbocycles. The minimum atomic E-state index is -0.223. The van der Waals surface area contributed by atoms with E-state index in [0.29, 0.717) is 41.2 Å². The number of methoxy groups -OCH3 is 2. The number of hydrogen-bond acceptors (Lipinski definition) is 6. The molecule has 0 spiro atoms. The fraction of sp³-hybridized carbons (Fsp3) is 0.250. The summed E-state index contributed by atoms with van der Waals surface area (Å²) in [6, 6.07) is 21.0. The Balaban J connectivity index is 1.51. The van der Waals surface area contributed by atoms with E-state index in [1.165, 1.54) is 6.92 Å². The topological polar surface area (TPSA) is 87.0 Å². The number of allylic oxidation sites excluding steroid dienone is 1. The molecule has 1 N–H and O–H groups in total. The van der Waals surface area contributed by atoms with Crippen LogP contribution in [0.5, 0.6) is 17.2 Å². The molecule has 39 heavy (non-hydrogen) atoms. The Morgan fingerprint density at radius 2 is 1.64 bits per heavy atom. The van der Waals surface area contributed by atoms with Crippen molar-refractivity contribution in [3.8, 4) is 17.2 Å². The molecular weight excluding hydrogens is 494 g/mol. The number of ketones is 1. The van der Waals surface area contributed by atoms with Crippen molar-refractivity contribution in [1.82, 2.24) is 5.32 Å². The Kier molecular flexibility index (Phi) is 8.71. The van der Waals surface area contributed by atoms with Crippen LogP contribution in [0.25, 0.3) is 16.5 Å². The number of rotatable bonds is 11. The number of amides is 1. The lowest BCUT2D eigenvalue weighted by atomic mass is 10.0. The van der Waals surface area contributed by atoms with Crippen molar-refractivity contribution < 1.29 is 28.2 Å². The normalized spacial score (nSPS) is 12.2. The number of hydrogen-bond donors (Lipinski definition) is 1. The van der Waals surface area contributed by atoms with E-state index in [2.05, 4.69) is 5.32 Å². The third-order valence-electron chi connectivity index (χ3n) is 6.50. The van der Waals surface area contributed by atoms with Gasteiger partial charge in [-0.2, -0.15) is 0 Å². The van der Waals surface area contributed by atoms with Crippen LogP contribution in [0.15, 0.2) is 77.2 Å². The molecule has 0 aliphatic heterocycles. The lowest BCUT2D eigenvalue weighted by molar-refractivity contribution is -0.116. The van der Waals surface area contributed by atoms with Crippen LogP contribution in [-0.4, -0.2) is 32.5 Å². The molecular formula is C32H33NO6. The predicted molar refractivity (Wildman–Crippen MR) is 152 cm³/mol. The van der Waals surface area contributed by atoms with Gasteiger partial charge in [-0.3, -0.25) is 9.59 Å². The number of carbonyl (C=O) groups excluding carboxylic acids is 2. The van der Waals surface area contributed by atoms with Gasteiger partial charge in [0.05, 0.1) is 14.2 Å². The largest absolute Gasteiger partial charge is 0.493 e. The van der Waals surface area contributed by atoms with Gasteiger partial charge >= 0.3 is 0 Å². The Labute approximate surface area is 228 Å². The van der Waals surface area contributed by atoms with E-state index < -0.39 is 0 Å². The number of furan rings is 1. The summed E-state index contributed by atoms with van der Waals surface area (Å²) in [5, 5.41) is 3.65. The molecule has 0 radical (unpaired) electrons. The second-order valence-corrected chi connectivity index (χ2v) is 9.25. The summed E-state index contributed by atoms with van der Waals surface area (Å²) in [5.74, 6) is 1.68. The zero-order valence-electron chi connectivity index (χ0n) is 22.9. The lowest BCUT2D eigenvalue weighted by Crippen LogP contribution is -2.23. The minimum Gasteiger partial charge on any atom is -0.493 e. The van der Waals surface area contributed by atoms with Gasteiger partial charge in [0.15, 0.2) is 34.4 Å². The summed E-state index contributed by atoms with van der Waals surface area (Å²) in [4.78, 5) is 24.8. The smallest absolute Gasteiger partial charge is 0.244 e. The molecule has 7 heteroatoms. The molecule has 7 nitrogen and oxygen atoms in total. The van der Waals surface area contributed by atoms with Crippen molar-refractivity contribution in [2.45, 2.75) is 33.3 Å². The summed E-state index contributed by atoms with van der Waals surface area (Å²) in [6.45, 7) is 5.73. The minimum absolute atomic E-state index is 0.186. The number of ether oxygens (including phenoxy) is 3. The average Bonchev–Trinajstić information content (AvgIpc) is 3.40. The molecule has 1 amide bonds. The Morgan fingerprint density at radius 1 is 0.923 bits per heavy atom. The first kappa shape index (κ1) is 27.5. The van der Waals surface area contributed by atoms with Gasteiger partial charge in [0.25, 0.3) is 0 Å². The third kappa shape index (κ3) is 6.49. The second kappa shape index (κ2) is 12.3. The Bertz CT molecular complexity index is 1500. The number of fused-ring (bicyclic) bond motifs is 1. The molecule has 4 rings (SSSR count). The molecule has 0 aliphatic rings. The van der Waals surface area contributed by atoms with E-state index in [1.54, 1.807) is 26.4 Å². The Morgan fingerprint density at radius 3 is 2.33 bits per heavy atom. The molecule has 1 aromatic heterocycles. The van der Waals surface area contributed by atoms with E-state index in [0.717, 1.165) is 22.3 Å². The van der Waals surface area contributed by atoms with Crippen molar-refractivity contribution in [3.05, 3.63) is 95.3 Å². The first-order chi connectivity index (χ1) is 18.8. The van der Waals surface area contributed by atoms with E-state index in [4.69, 9.17) is 18.6 Å². The maximum Gasteiger partial charge on any atom is 0.244 e. The summed E-state index contributed by atoms with van der Waals surface area (Å²) in [6.07, 6.45) is 1.97. The van der Waals surface area contributed by atoms with Crippen LogP contribution in [0.4, 0.5) is 0 Å². The van der Waals surface area contributed by atoms with Crippen LogP contribution in [-0.2, 0) is 11.2 Å². The third-order valence-corrected chi connectivity index (χ3v) is 6.50. The molecule has 0 saturated heterocycles. The highest BCUT2D eigenvalue weighted by atomic mass is 16.5. The van der Waals surface area contributed by atoms with E-state index in [9.17, 15) is 9.59 Å². The predicted octanol–water partition coefficient (Wildman–Crippen LogP) is 6.55. The molecule has 3 aromatic carbocycles. The van der Waals surface area contributed by atoms with Gasteiger partial charge in [-0.1, -0.05) is 42.5 Å². The first-order valence-electron chi connectivity index (χ1n) is 12.8. The zero-order chi connectivity index (χ0) is 27.9. The molecule has 1 unspecified atom stereocenters. The summed E-state index contributed by atoms with van der Waals surface area (Å²) in [5.41, 5.74) is 4.04. The van der Waals surface area contributed by atoms with Gasteiger partial charge in [-0.25, -0.2) is 0 Å². The fourth-order valence-corrected chi connectivity index (χ4v) is 4.38. The van der Waals surface area contributed by atoms with Crippen molar-refractivity contribution in [2.75, 3.05) is 20.8 Å². The summed E-state index contributed by atoms with van der Waals surface area (Å²) < 4.78 is 22.8. The number of carbonyl (C=O) groups is 2. The van der Waals surface area contributed by atoms with Crippen molar-refractivity contribution in [2.24, 2.45) is 0 Å². The van der Waals surface area contributed by atoms with Crippen LogP contribution in [0.3, 0.4) is 0 Å². The van der Waals surface area contributed by atoms with Gasteiger partial charge in [0.1, 0.15) is 6.10 Å². The molecule has 4 aromatic rings. The molecule has 1 heterocycles. The van der Waals surface area contributed by atoms with Gasteiger partial charge in [-0.05, 0) is 66.8 Å². The number of benzene rings is 3. The van der Waals surface area contributed by atoms with Crippen LogP contribution >= 0.6 is 0 Å². The standard InChI is InChI=1S/C32H33NO6/c1-20(17-31(35)33-16-15-23-11-13-27(36-4)30(18-23)37-5)25-12-14-28(32-26(25)19-29(39-32)21(2)34)38-22(3)24-9-7-6-8-10-24/h6-14,17-19,22H,15-16H2,1-5H3,(H,33,35)/b20-17+.